The Kier molecular flexibility index (Phi) is 7.43. The van der Waals surface area contributed by atoms with Crippen LogP contribution in [0.25, 0.3) is 0 Å². The molecule has 0 heterocycles. The number of carbonyl (C=O) groups is 2. The van der Waals surface area contributed by atoms with Crippen molar-refractivity contribution in [3.63, 3.8) is 0 Å². The summed E-state index contributed by atoms with van der Waals surface area (Å²) in [4.78, 5) is 25.8. The molecule has 3 rings (SSSR count). The van der Waals surface area contributed by atoms with Crippen LogP contribution in [0.5, 0.6) is 0 Å². The molecule has 3 aromatic carbocycles. The molecule has 1 unspecified atom stereocenters. The third-order valence-corrected chi connectivity index (χ3v) is 6.32. The summed E-state index contributed by atoms with van der Waals surface area (Å²) >= 11 is 13.5. The first-order chi connectivity index (χ1) is 14.3. The van der Waals surface area contributed by atoms with Crippen LogP contribution in [0.3, 0.4) is 0 Å². The highest BCUT2D eigenvalue weighted by Gasteiger charge is 2.17. The maximum Gasteiger partial charge on any atom is 0.255 e. The van der Waals surface area contributed by atoms with Gasteiger partial charge >= 0.3 is 0 Å². The molecule has 4 nitrogen and oxygen atoms in total. The Morgan fingerprint density at radius 2 is 1.60 bits per heavy atom. The van der Waals surface area contributed by atoms with E-state index in [0.29, 0.717) is 27.0 Å². The number of aryl methyl sites for hydroxylation is 1. The highest BCUT2D eigenvalue weighted by molar-refractivity contribution is 8.00. The quantitative estimate of drug-likeness (QED) is 0.405. The monoisotopic (exact) mass is 458 g/mol. The molecule has 2 amide bonds. The number of nitrogens with one attached hydrogen (secondary N) is 2. The fourth-order valence-electron chi connectivity index (χ4n) is 2.74. The Hall–Kier alpha value is -2.47. The summed E-state index contributed by atoms with van der Waals surface area (Å²) < 4.78 is 0. The molecule has 1 atom stereocenters. The summed E-state index contributed by atoms with van der Waals surface area (Å²) in [6.45, 7) is 3.71. The average molecular weight is 459 g/mol. The van der Waals surface area contributed by atoms with E-state index < -0.39 is 0 Å². The summed E-state index contributed by atoms with van der Waals surface area (Å²) in [5, 5.41) is 6.04. The van der Waals surface area contributed by atoms with E-state index in [1.807, 2.05) is 56.3 Å². The van der Waals surface area contributed by atoms with Gasteiger partial charge in [-0.3, -0.25) is 9.59 Å². The van der Waals surface area contributed by atoms with Crippen molar-refractivity contribution in [2.45, 2.75) is 24.0 Å². The van der Waals surface area contributed by atoms with Crippen molar-refractivity contribution in [1.82, 2.24) is 0 Å². The number of anilines is 2. The Balaban J connectivity index is 1.59. The highest BCUT2D eigenvalue weighted by atomic mass is 35.5. The second-order valence-electron chi connectivity index (χ2n) is 6.64. The smallest absolute Gasteiger partial charge is 0.255 e. The normalized spacial score (nSPS) is 11.6. The fraction of sp³-hybridized carbons (Fsp3) is 0.130. The molecule has 0 aliphatic rings. The predicted octanol–water partition coefficient (Wildman–Crippen LogP) is 6.67. The molecule has 3 aromatic rings. The number of hydrogen-bond acceptors (Lipinski definition) is 3. The van der Waals surface area contributed by atoms with Gasteiger partial charge in [0, 0.05) is 16.1 Å². The van der Waals surface area contributed by atoms with Gasteiger partial charge in [0.2, 0.25) is 5.91 Å². The SMILES string of the molecule is Cc1ccccc1C(=O)Nc1ccc(SC(C)C(=O)Nc2cccc(Cl)c2Cl)cc1. The molecule has 0 aliphatic heterocycles. The lowest BCUT2D eigenvalue weighted by Crippen LogP contribution is -2.22. The Labute approximate surface area is 190 Å². The second kappa shape index (κ2) is 10.0. The minimum atomic E-state index is -0.354. The van der Waals surface area contributed by atoms with Crippen molar-refractivity contribution in [1.29, 1.82) is 0 Å². The van der Waals surface area contributed by atoms with Crippen LogP contribution in [0.15, 0.2) is 71.6 Å². The molecular weight excluding hydrogens is 439 g/mol. The highest BCUT2D eigenvalue weighted by Crippen LogP contribution is 2.31. The second-order valence-corrected chi connectivity index (χ2v) is 8.84. The zero-order valence-corrected chi connectivity index (χ0v) is 18.7. The number of benzene rings is 3. The molecule has 154 valence electrons. The van der Waals surface area contributed by atoms with Gasteiger partial charge in [-0.1, -0.05) is 47.5 Å². The lowest BCUT2D eigenvalue weighted by Gasteiger charge is -2.14. The van der Waals surface area contributed by atoms with E-state index in [9.17, 15) is 9.59 Å². The molecule has 0 spiro atoms. The molecule has 0 aromatic heterocycles. The lowest BCUT2D eigenvalue weighted by atomic mass is 10.1. The van der Waals surface area contributed by atoms with Gasteiger partial charge < -0.3 is 10.6 Å². The minimum absolute atomic E-state index is 0.153. The number of thioether (sulfide) groups is 1. The Morgan fingerprint density at radius 1 is 0.900 bits per heavy atom. The summed E-state index contributed by atoms with van der Waals surface area (Å²) in [5.41, 5.74) is 2.73. The van der Waals surface area contributed by atoms with Crippen molar-refractivity contribution < 1.29 is 9.59 Å². The molecule has 30 heavy (non-hydrogen) atoms. The van der Waals surface area contributed by atoms with E-state index in [1.54, 1.807) is 24.3 Å². The Morgan fingerprint density at radius 3 is 2.30 bits per heavy atom. The van der Waals surface area contributed by atoms with Crippen LogP contribution in [0.4, 0.5) is 11.4 Å². The van der Waals surface area contributed by atoms with Gasteiger partial charge in [-0.05, 0) is 61.9 Å². The van der Waals surface area contributed by atoms with E-state index in [0.717, 1.165) is 10.5 Å². The minimum Gasteiger partial charge on any atom is -0.324 e. The number of hydrogen-bond donors (Lipinski definition) is 2. The van der Waals surface area contributed by atoms with E-state index in [-0.39, 0.29) is 17.1 Å². The summed E-state index contributed by atoms with van der Waals surface area (Å²) in [5.74, 6) is -0.333. The van der Waals surface area contributed by atoms with E-state index in [1.165, 1.54) is 11.8 Å². The largest absolute Gasteiger partial charge is 0.324 e. The fourth-order valence-corrected chi connectivity index (χ4v) is 3.95. The number of amides is 2. The molecule has 0 saturated carbocycles. The van der Waals surface area contributed by atoms with Crippen LogP contribution in [0.2, 0.25) is 10.0 Å². The summed E-state index contributed by atoms with van der Waals surface area (Å²) in [6.07, 6.45) is 0. The number of halogens is 2. The van der Waals surface area contributed by atoms with Crippen LogP contribution in [0.1, 0.15) is 22.8 Å². The molecule has 0 bridgehead atoms. The van der Waals surface area contributed by atoms with E-state index >= 15 is 0 Å². The zero-order valence-electron chi connectivity index (χ0n) is 16.4. The lowest BCUT2D eigenvalue weighted by molar-refractivity contribution is -0.115. The topological polar surface area (TPSA) is 58.2 Å². The molecule has 0 radical (unpaired) electrons. The van der Waals surface area contributed by atoms with Gasteiger partial charge in [-0.25, -0.2) is 0 Å². The molecular formula is C23H20Cl2N2O2S. The van der Waals surface area contributed by atoms with Gasteiger partial charge in [0.15, 0.2) is 0 Å². The van der Waals surface area contributed by atoms with Crippen LogP contribution < -0.4 is 10.6 Å². The van der Waals surface area contributed by atoms with E-state index in [2.05, 4.69) is 10.6 Å². The van der Waals surface area contributed by atoms with Gasteiger partial charge in [0.05, 0.1) is 21.0 Å². The van der Waals surface area contributed by atoms with Crippen molar-refractivity contribution in [3.8, 4) is 0 Å². The predicted molar refractivity (Wildman–Crippen MR) is 126 cm³/mol. The van der Waals surface area contributed by atoms with Crippen molar-refractivity contribution in [2.24, 2.45) is 0 Å². The van der Waals surface area contributed by atoms with E-state index in [4.69, 9.17) is 23.2 Å². The van der Waals surface area contributed by atoms with Gasteiger partial charge in [0.25, 0.3) is 5.91 Å². The number of rotatable bonds is 6. The first kappa shape index (κ1) is 22.2. The maximum atomic E-state index is 12.5. The van der Waals surface area contributed by atoms with Gasteiger partial charge in [-0.2, -0.15) is 0 Å². The standard InChI is InChI=1S/C23H20Cl2N2O2S/c1-14-6-3-4-7-18(14)23(29)26-16-10-12-17(13-11-16)30-15(2)22(28)27-20-9-5-8-19(24)21(20)25/h3-13,15H,1-2H3,(H,26,29)(H,27,28). The van der Waals surface area contributed by atoms with Gasteiger partial charge in [-0.15, -0.1) is 11.8 Å². The van der Waals surface area contributed by atoms with Crippen LogP contribution >= 0.6 is 35.0 Å². The summed E-state index contributed by atoms with van der Waals surface area (Å²) in [7, 11) is 0. The Bertz CT molecular complexity index is 1070. The zero-order chi connectivity index (χ0) is 21.7. The molecule has 2 N–H and O–H groups in total. The van der Waals surface area contributed by atoms with Crippen molar-refractivity contribution in [3.05, 3.63) is 87.9 Å². The maximum absolute atomic E-state index is 12.5. The molecule has 0 aliphatic carbocycles. The average Bonchev–Trinajstić information content (AvgIpc) is 2.73. The van der Waals surface area contributed by atoms with Crippen LogP contribution in [-0.2, 0) is 4.79 Å². The molecule has 7 heteroatoms. The first-order valence-corrected chi connectivity index (χ1v) is 10.9. The number of carbonyl (C=O) groups excluding carboxylic acids is 2. The molecule has 0 saturated heterocycles. The summed E-state index contributed by atoms with van der Waals surface area (Å²) in [6, 6.07) is 19.9. The van der Waals surface area contributed by atoms with Crippen molar-refractivity contribution >= 4 is 58.2 Å². The van der Waals surface area contributed by atoms with Crippen molar-refractivity contribution in [2.75, 3.05) is 10.6 Å². The third kappa shape index (κ3) is 5.57. The third-order valence-electron chi connectivity index (χ3n) is 4.39. The first-order valence-electron chi connectivity index (χ1n) is 9.23. The van der Waals surface area contributed by atoms with Crippen LogP contribution in [-0.4, -0.2) is 17.1 Å². The van der Waals surface area contributed by atoms with Gasteiger partial charge in [0.1, 0.15) is 0 Å². The van der Waals surface area contributed by atoms with Crippen LogP contribution in [0, 0.1) is 6.92 Å². The molecule has 0 fully saturated rings.